The van der Waals surface area contributed by atoms with Gasteiger partial charge in [0.2, 0.25) is 0 Å². The number of aliphatic hydroxyl groups excluding tert-OH is 1. The Hall–Kier alpha value is -4.88. The van der Waals surface area contributed by atoms with E-state index < -0.39 is 0 Å². The lowest BCUT2D eigenvalue weighted by atomic mass is 9.89. The number of rotatable bonds is 9. The highest BCUT2D eigenvalue weighted by Gasteiger charge is 2.22. The van der Waals surface area contributed by atoms with Crippen LogP contribution in [0.1, 0.15) is 12.0 Å². The van der Waals surface area contributed by atoms with Crippen LogP contribution in [0.15, 0.2) is 110 Å². The van der Waals surface area contributed by atoms with Crippen LogP contribution >= 0.6 is 0 Å². The van der Waals surface area contributed by atoms with Gasteiger partial charge < -0.3 is 9.84 Å². The predicted molar refractivity (Wildman–Crippen MR) is 154 cm³/mol. The normalized spacial score (nSPS) is 11.2. The zero-order chi connectivity index (χ0) is 27.3. The molecule has 1 N–H and O–H groups in total. The molecule has 6 nitrogen and oxygen atoms in total. The van der Waals surface area contributed by atoms with Crippen molar-refractivity contribution in [1.29, 1.82) is 0 Å². The quantitative estimate of drug-likeness (QED) is 0.220. The molecule has 6 aromatic rings. The molecule has 0 saturated carbocycles. The van der Waals surface area contributed by atoms with Crippen molar-refractivity contribution in [2.75, 3.05) is 6.61 Å². The minimum Gasteiger partial charge on any atom is -0.489 e. The number of fused-ring (bicyclic) bond motifs is 1. The molecule has 0 amide bonds. The summed E-state index contributed by atoms with van der Waals surface area (Å²) in [6.07, 6.45) is 6.06. The molecule has 0 aliphatic heterocycles. The van der Waals surface area contributed by atoms with Crippen LogP contribution in [0.3, 0.4) is 0 Å². The third kappa shape index (κ3) is 5.32. The number of ether oxygens (including phenoxy) is 1. The highest BCUT2D eigenvalue weighted by molar-refractivity contribution is 6.06. The summed E-state index contributed by atoms with van der Waals surface area (Å²) in [6, 6.07) is 28.3. The lowest BCUT2D eigenvalue weighted by molar-refractivity contribution is 0.277. The van der Waals surface area contributed by atoms with Crippen molar-refractivity contribution in [2.45, 2.75) is 19.6 Å². The molecule has 0 unspecified atom stereocenters. The van der Waals surface area contributed by atoms with E-state index in [9.17, 15) is 9.50 Å². The van der Waals surface area contributed by atoms with Crippen LogP contribution in [0, 0.1) is 5.82 Å². The summed E-state index contributed by atoms with van der Waals surface area (Å²) in [4.78, 5) is 9.22. The zero-order valence-electron chi connectivity index (χ0n) is 21.7. The van der Waals surface area contributed by atoms with Crippen LogP contribution in [0.2, 0.25) is 0 Å². The van der Waals surface area contributed by atoms with E-state index in [1.165, 1.54) is 12.1 Å². The van der Waals surface area contributed by atoms with Gasteiger partial charge in [-0.05, 0) is 71.6 Å². The van der Waals surface area contributed by atoms with Gasteiger partial charge in [0, 0.05) is 53.8 Å². The first-order chi connectivity index (χ1) is 19.7. The highest BCUT2D eigenvalue weighted by Crippen LogP contribution is 2.43. The van der Waals surface area contributed by atoms with E-state index in [-0.39, 0.29) is 12.4 Å². The Morgan fingerprint density at radius 1 is 0.800 bits per heavy atom. The smallest absolute Gasteiger partial charge is 0.182 e. The van der Waals surface area contributed by atoms with Crippen LogP contribution in [0.4, 0.5) is 4.39 Å². The Morgan fingerprint density at radius 2 is 1.60 bits per heavy atom. The minimum atomic E-state index is -0.313. The fourth-order valence-corrected chi connectivity index (χ4v) is 4.83. The first-order valence-corrected chi connectivity index (χ1v) is 13.1. The molecule has 3 aromatic carbocycles. The van der Waals surface area contributed by atoms with E-state index in [0.29, 0.717) is 30.9 Å². The molecule has 0 bridgehead atoms. The Kier molecular flexibility index (Phi) is 7.28. The first-order valence-electron chi connectivity index (χ1n) is 13.1. The van der Waals surface area contributed by atoms with Gasteiger partial charge in [-0.15, -0.1) is 0 Å². The Labute approximate surface area is 231 Å². The second-order valence-electron chi connectivity index (χ2n) is 9.46. The van der Waals surface area contributed by atoms with Crippen molar-refractivity contribution in [2.24, 2.45) is 0 Å². The van der Waals surface area contributed by atoms with Gasteiger partial charge in [0.25, 0.3) is 0 Å². The van der Waals surface area contributed by atoms with Gasteiger partial charge in [0.15, 0.2) is 5.65 Å². The van der Waals surface area contributed by atoms with E-state index in [1.54, 1.807) is 24.5 Å². The molecule has 7 heteroatoms. The molecular formula is C33H27FN4O2. The van der Waals surface area contributed by atoms with E-state index in [4.69, 9.17) is 14.8 Å². The summed E-state index contributed by atoms with van der Waals surface area (Å²) in [5, 5.41) is 15.0. The van der Waals surface area contributed by atoms with Crippen LogP contribution in [0.5, 0.6) is 5.75 Å². The molecule has 0 atom stereocenters. The number of hydrogen-bond acceptors (Lipinski definition) is 5. The summed E-state index contributed by atoms with van der Waals surface area (Å²) in [5.41, 5.74) is 6.82. The van der Waals surface area contributed by atoms with Crippen LogP contribution in [-0.4, -0.2) is 31.5 Å². The molecule has 0 radical (unpaired) electrons. The molecule has 198 valence electrons. The topological polar surface area (TPSA) is 73.1 Å². The molecule has 0 fully saturated rings. The molecule has 3 aromatic heterocycles. The Balaban J connectivity index is 1.57. The third-order valence-electron chi connectivity index (χ3n) is 6.72. The summed E-state index contributed by atoms with van der Waals surface area (Å²) >= 11 is 0. The van der Waals surface area contributed by atoms with E-state index >= 15 is 0 Å². The average molecular weight is 531 g/mol. The molecular weight excluding hydrogens is 503 g/mol. The van der Waals surface area contributed by atoms with Gasteiger partial charge in [-0.1, -0.05) is 42.5 Å². The van der Waals surface area contributed by atoms with Crippen molar-refractivity contribution in [3.8, 4) is 39.3 Å². The van der Waals surface area contributed by atoms with Gasteiger partial charge in [-0.25, -0.2) is 9.37 Å². The minimum absolute atomic E-state index is 0.0698. The second-order valence-corrected chi connectivity index (χ2v) is 9.46. The fourth-order valence-electron chi connectivity index (χ4n) is 4.83. The second kappa shape index (κ2) is 11.5. The summed E-state index contributed by atoms with van der Waals surface area (Å²) in [5.74, 6) is 0.426. The lowest BCUT2D eigenvalue weighted by Crippen LogP contribution is -2.00. The SMILES string of the molecule is OCCCn1cc2c(-c3cccc(OCc4ccccc4)c3)c(-c3ccncc3)c(-c3ccc(F)cc3)nc2n1. The Bertz CT molecular complexity index is 1740. The number of aliphatic hydroxyl groups is 1. The van der Waals surface area contributed by atoms with Gasteiger partial charge >= 0.3 is 0 Å². The molecule has 6 rings (SSSR count). The predicted octanol–water partition coefficient (Wildman–Crippen LogP) is 6.93. The van der Waals surface area contributed by atoms with E-state index in [0.717, 1.165) is 44.5 Å². The summed E-state index contributed by atoms with van der Waals surface area (Å²) in [6.45, 7) is 1.08. The van der Waals surface area contributed by atoms with E-state index in [1.807, 2.05) is 77.6 Å². The first kappa shape index (κ1) is 25.4. The number of aromatic nitrogens is 4. The van der Waals surface area contributed by atoms with Gasteiger partial charge in [-0.3, -0.25) is 9.67 Å². The lowest BCUT2D eigenvalue weighted by Gasteiger charge is -2.17. The monoisotopic (exact) mass is 530 g/mol. The molecule has 3 heterocycles. The van der Waals surface area contributed by atoms with Crippen molar-refractivity contribution >= 4 is 11.0 Å². The highest BCUT2D eigenvalue weighted by atomic mass is 19.1. The molecule has 40 heavy (non-hydrogen) atoms. The van der Waals surface area contributed by atoms with Crippen molar-refractivity contribution in [3.63, 3.8) is 0 Å². The van der Waals surface area contributed by atoms with E-state index in [2.05, 4.69) is 4.98 Å². The van der Waals surface area contributed by atoms with Crippen molar-refractivity contribution < 1.29 is 14.2 Å². The molecule has 0 aliphatic rings. The molecule has 0 spiro atoms. The van der Waals surface area contributed by atoms with Crippen molar-refractivity contribution in [1.82, 2.24) is 19.7 Å². The maximum absolute atomic E-state index is 13.9. The fraction of sp³-hybridized carbons (Fsp3) is 0.121. The number of pyridine rings is 2. The number of aryl methyl sites for hydroxylation is 1. The van der Waals surface area contributed by atoms with Gasteiger partial charge in [-0.2, -0.15) is 5.10 Å². The molecule has 0 aliphatic carbocycles. The van der Waals surface area contributed by atoms with Crippen LogP contribution in [0.25, 0.3) is 44.5 Å². The van der Waals surface area contributed by atoms with Crippen LogP contribution in [-0.2, 0) is 13.2 Å². The van der Waals surface area contributed by atoms with Crippen LogP contribution < -0.4 is 4.74 Å². The van der Waals surface area contributed by atoms with Crippen molar-refractivity contribution in [3.05, 3.63) is 121 Å². The maximum Gasteiger partial charge on any atom is 0.182 e. The Morgan fingerprint density at radius 3 is 2.38 bits per heavy atom. The standard InChI is InChI=1S/C33H27FN4O2/c34-27-12-10-25(11-13-27)32-31(24-14-16-35-17-15-24)30(29-21-38(18-5-19-39)37-33(29)36-32)26-8-4-9-28(20-26)40-22-23-6-2-1-3-7-23/h1-4,6-17,20-21,39H,5,18-19,22H2. The van der Waals surface area contributed by atoms with Gasteiger partial charge in [0.1, 0.15) is 18.2 Å². The zero-order valence-corrected chi connectivity index (χ0v) is 21.7. The number of hydrogen-bond donors (Lipinski definition) is 1. The summed E-state index contributed by atoms with van der Waals surface area (Å²) < 4.78 is 21.9. The summed E-state index contributed by atoms with van der Waals surface area (Å²) in [7, 11) is 0. The van der Waals surface area contributed by atoms with Gasteiger partial charge in [0.05, 0.1) is 5.69 Å². The maximum atomic E-state index is 13.9. The number of halogens is 1. The average Bonchev–Trinajstić information content (AvgIpc) is 3.42. The largest absolute Gasteiger partial charge is 0.489 e. The molecule has 0 saturated heterocycles. The third-order valence-corrected chi connectivity index (χ3v) is 6.72. The number of benzene rings is 3. The number of nitrogens with zero attached hydrogens (tertiary/aromatic N) is 4.